The lowest BCUT2D eigenvalue weighted by Crippen LogP contribution is -2.26. The van der Waals surface area contributed by atoms with Crippen molar-refractivity contribution in [1.82, 2.24) is 24.5 Å². The monoisotopic (exact) mass is 409 g/mol. The van der Waals surface area contributed by atoms with E-state index < -0.39 is 0 Å². The molecule has 0 spiro atoms. The SMILES string of the molecule is CC(C)Cn1c(=O)c2ccccc2n2c(CCC(=O)NCc3cccs3)nnc12. The number of aromatic nitrogens is 4. The number of hydrogen-bond acceptors (Lipinski definition) is 5. The van der Waals surface area contributed by atoms with Gasteiger partial charge < -0.3 is 5.32 Å². The molecule has 7 nitrogen and oxygen atoms in total. The molecule has 0 fully saturated rings. The summed E-state index contributed by atoms with van der Waals surface area (Å²) in [5.41, 5.74) is 0.709. The van der Waals surface area contributed by atoms with Crippen LogP contribution in [0.4, 0.5) is 0 Å². The molecule has 0 saturated carbocycles. The van der Waals surface area contributed by atoms with E-state index in [4.69, 9.17) is 0 Å². The second-order valence-corrected chi connectivity index (χ2v) is 8.47. The number of nitrogens with zero attached hydrogens (tertiary/aromatic N) is 4. The number of carbonyl (C=O) groups excluding carboxylic acids is 1. The summed E-state index contributed by atoms with van der Waals surface area (Å²) in [6.45, 7) is 5.22. The Labute approximate surface area is 172 Å². The van der Waals surface area contributed by atoms with E-state index in [2.05, 4.69) is 29.4 Å². The van der Waals surface area contributed by atoms with E-state index in [1.165, 1.54) is 0 Å². The molecule has 1 aromatic carbocycles. The molecule has 3 aromatic heterocycles. The molecule has 0 aliphatic heterocycles. The van der Waals surface area contributed by atoms with Crippen LogP contribution in [0.2, 0.25) is 0 Å². The van der Waals surface area contributed by atoms with Crippen LogP contribution in [0.25, 0.3) is 16.7 Å². The Kier molecular flexibility index (Phi) is 5.44. The van der Waals surface area contributed by atoms with Crippen molar-refractivity contribution in [3.8, 4) is 0 Å². The molecule has 3 heterocycles. The minimum atomic E-state index is -0.0607. The number of hydrogen-bond donors (Lipinski definition) is 1. The lowest BCUT2D eigenvalue weighted by molar-refractivity contribution is -0.121. The molecule has 1 N–H and O–H groups in total. The summed E-state index contributed by atoms with van der Waals surface area (Å²) in [4.78, 5) is 26.4. The molecule has 0 aliphatic carbocycles. The molecule has 8 heteroatoms. The standard InChI is InChI=1S/C21H23N5O2S/c1-14(2)13-25-20(28)16-7-3-4-8-17(16)26-18(23-24-21(25)26)9-10-19(27)22-12-15-6-5-11-29-15/h3-8,11,14H,9-10,12-13H2,1-2H3,(H,22,27). The maximum atomic E-state index is 13.0. The summed E-state index contributed by atoms with van der Waals surface area (Å²) in [5.74, 6) is 1.46. The van der Waals surface area contributed by atoms with Crippen molar-refractivity contribution in [1.29, 1.82) is 0 Å². The number of aryl methyl sites for hydroxylation is 1. The molecule has 0 aliphatic rings. The molecular formula is C21H23N5O2S. The van der Waals surface area contributed by atoms with Crippen molar-refractivity contribution in [2.75, 3.05) is 0 Å². The second-order valence-electron chi connectivity index (χ2n) is 7.43. The molecule has 0 saturated heterocycles. The summed E-state index contributed by atoms with van der Waals surface area (Å²) in [6.07, 6.45) is 0.755. The molecule has 150 valence electrons. The number of para-hydroxylation sites is 1. The van der Waals surface area contributed by atoms with Crippen molar-refractivity contribution >= 4 is 33.9 Å². The van der Waals surface area contributed by atoms with E-state index in [0.29, 0.717) is 48.8 Å². The van der Waals surface area contributed by atoms with Crippen LogP contribution < -0.4 is 10.9 Å². The number of nitrogens with one attached hydrogen (secondary N) is 1. The minimum Gasteiger partial charge on any atom is -0.351 e. The van der Waals surface area contributed by atoms with Gasteiger partial charge in [0.05, 0.1) is 17.4 Å². The van der Waals surface area contributed by atoms with Gasteiger partial charge in [0.2, 0.25) is 11.7 Å². The first-order valence-corrected chi connectivity index (χ1v) is 10.6. The fourth-order valence-electron chi connectivity index (χ4n) is 3.42. The zero-order valence-electron chi connectivity index (χ0n) is 16.5. The molecule has 0 bridgehead atoms. The first-order valence-electron chi connectivity index (χ1n) is 9.69. The average Bonchev–Trinajstić information content (AvgIpc) is 3.37. The normalized spacial score (nSPS) is 11.6. The Morgan fingerprint density at radius 1 is 1.17 bits per heavy atom. The topological polar surface area (TPSA) is 81.3 Å². The number of benzene rings is 1. The second kappa shape index (κ2) is 8.16. The molecule has 4 rings (SSSR count). The van der Waals surface area contributed by atoms with E-state index in [0.717, 1.165) is 10.4 Å². The number of thiophene rings is 1. The summed E-state index contributed by atoms with van der Waals surface area (Å²) >= 11 is 1.62. The quantitative estimate of drug-likeness (QED) is 0.509. The van der Waals surface area contributed by atoms with Crippen LogP contribution in [0.1, 0.15) is 31.0 Å². The van der Waals surface area contributed by atoms with Crippen LogP contribution in [-0.4, -0.2) is 25.1 Å². The molecule has 29 heavy (non-hydrogen) atoms. The maximum Gasteiger partial charge on any atom is 0.262 e. The number of fused-ring (bicyclic) bond motifs is 3. The molecule has 1 amide bonds. The van der Waals surface area contributed by atoms with E-state index in [1.807, 2.05) is 46.2 Å². The molecule has 0 atom stereocenters. The smallest absolute Gasteiger partial charge is 0.262 e. The van der Waals surface area contributed by atoms with E-state index in [9.17, 15) is 9.59 Å². The molecule has 4 aromatic rings. The average molecular weight is 410 g/mol. The van der Waals surface area contributed by atoms with Gasteiger partial charge in [0, 0.05) is 24.3 Å². The van der Waals surface area contributed by atoms with Gasteiger partial charge in [-0.1, -0.05) is 32.0 Å². The van der Waals surface area contributed by atoms with Gasteiger partial charge in [-0.25, -0.2) is 0 Å². The van der Waals surface area contributed by atoms with Crippen LogP contribution in [0.5, 0.6) is 0 Å². The van der Waals surface area contributed by atoms with Crippen LogP contribution in [0.3, 0.4) is 0 Å². The highest BCUT2D eigenvalue weighted by Gasteiger charge is 2.17. The summed E-state index contributed by atoms with van der Waals surface area (Å²) in [5, 5.41) is 14.2. The Balaban J connectivity index is 1.64. The van der Waals surface area contributed by atoms with Gasteiger partial charge in [-0.15, -0.1) is 21.5 Å². The van der Waals surface area contributed by atoms with Crippen molar-refractivity contribution in [3.05, 3.63) is 62.8 Å². The van der Waals surface area contributed by atoms with Crippen LogP contribution in [0, 0.1) is 5.92 Å². The summed E-state index contributed by atoms with van der Waals surface area (Å²) < 4.78 is 3.59. The largest absolute Gasteiger partial charge is 0.351 e. The van der Waals surface area contributed by atoms with E-state index in [1.54, 1.807) is 15.9 Å². The number of carbonyl (C=O) groups is 1. The lowest BCUT2D eigenvalue weighted by atomic mass is 10.2. The van der Waals surface area contributed by atoms with E-state index in [-0.39, 0.29) is 11.5 Å². The van der Waals surface area contributed by atoms with Gasteiger partial charge in [-0.05, 0) is 29.5 Å². The first kappa shape index (κ1) is 19.3. The van der Waals surface area contributed by atoms with Crippen LogP contribution in [0.15, 0.2) is 46.6 Å². The van der Waals surface area contributed by atoms with Crippen molar-refractivity contribution < 1.29 is 4.79 Å². The van der Waals surface area contributed by atoms with Gasteiger partial charge in [0.15, 0.2) is 0 Å². The fraction of sp³-hybridized carbons (Fsp3) is 0.333. The third-order valence-corrected chi connectivity index (χ3v) is 5.61. The zero-order valence-corrected chi connectivity index (χ0v) is 17.3. The number of amides is 1. The van der Waals surface area contributed by atoms with E-state index >= 15 is 0 Å². The van der Waals surface area contributed by atoms with Crippen molar-refractivity contribution in [2.45, 2.75) is 39.8 Å². The Hall–Kier alpha value is -3.00. The van der Waals surface area contributed by atoms with Crippen molar-refractivity contribution in [2.24, 2.45) is 5.92 Å². The van der Waals surface area contributed by atoms with Gasteiger partial charge in [0.25, 0.3) is 5.56 Å². The lowest BCUT2D eigenvalue weighted by Gasteiger charge is -2.13. The number of rotatable bonds is 7. The highest BCUT2D eigenvalue weighted by atomic mass is 32.1. The molecule has 0 radical (unpaired) electrons. The van der Waals surface area contributed by atoms with Gasteiger partial charge >= 0.3 is 0 Å². The summed E-state index contributed by atoms with van der Waals surface area (Å²) in [7, 11) is 0. The Morgan fingerprint density at radius 2 is 2.00 bits per heavy atom. The first-order chi connectivity index (χ1) is 14.0. The predicted molar refractivity (Wildman–Crippen MR) is 114 cm³/mol. The third kappa shape index (κ3) is 3.93. The zero-order chi connectivity index (χ0) is 20.4. The predicted octanol–water partition coefficient (Wildman–Crippen LogP) is 3.01. The van der Waals surface area contributed by atoms with Crippen molar-refractivity contribution in [3.63, 3.8) is 0 Å². The molecule has 0 unspecified atom stereocenters. The van der Waals surface area contributed by atoms with Gasteiger partial charge in [0.1, 0.15) is 5.82 Å². The highest BCUT2D eigenvalue weighted by Crippen LogP contribution is 2.16. The third-order valence-electron chi connectivity index (χ3n) is 4.74. The maximum absolute atomic E-state index is 13.0. The molecular weight excluding hydrogens is 386 g/mol. The minimum absolute atomic E-state index is 0.0324. The summed E-state index contributed by atoms with van der Waals surface area (Å²) in [6, 6.07) is 11.4. The fourth-order valence-corrected chi connectivity index (χ4v) is 4.06. The van der Waals surface area contributed by atoms with Gasteiger partial charge in [-0.3, -0.25) is 18.6 Å². The Morgan fingerprint density at radius 3 is 2.76 bits per heavy atom. The Bertz CT molecular complexity index is 1210. The van der Waals surface area contributed by atoms with Crippen LogP contribution in [-0.2, 0) is 24.3 Å². The highest BCUT2D eigenvalue weighted by molar-refractivity contribution is 7.09. The van der Waals surface area contributed by atoms with Gasteiger partial charge in [-0.2, -0.15) is 0 Å². The van der Waals surface area contributed by atoms with Crippen LogP contribution >= 0.6 is 11.3 Å².